The fourth-order valence-corrected chi connectivity index (χ4v) is 5.00. The van der Waals surface area contributed by atoms with Crippen LogP contribution in [0.3, 0.4) is 0 Å². The third kappa shape index (κ3) is 17.4. The summed E-state index contributed by atoms with van der Waals surface area (Å²) < 4.78 is 61.3. The van der Waals surface area contributed by atoms with E-state index in [1.54, 1.807) is 0 Å². The minimum Gasteiger partial charge on any atom is -0.256 e. The molecular weight excluding hydrogens is 648 g/mol. The quantitative estimate of drug-likeness (QED) is 0.117. The molecule has 0 bridgehead atoms. The smallest absolute Gasteiger partial charge is 0.0720 e. The predicted octanol–water partition coefficient (Wildman–Crippen LogP) is 8.59. The maximum absolute atomic E-state index is 10.7. The van der Waals surface area contributed by atoms with E-state index in [4.69, 9.17) is 0 Å². The van der Waals surface area contributed by atoms with Crippen molar-refractivity contribution >= 4 is 41.3 Å². The normalized spacial score (nSPS) is 12.4. The Morgan fingerprint density at radius 1 is 0.784 bits per heavy atom. The Labute approximate surface area is 228 Å². The minimum absolute atomic E-state index is 0.557. The van der Waals surface area contributed by atoms with Gasteiger partial charge in [0.05, 0.1) is 11.8 Å². The van der Waals surface area contributed by atoms with E-state index in [0.717, 1.165) is 12.0 Å². The van der Waals surface area contributed by atoms with Crippen LogP contribution in [0, 0.1) is 0 Å². The van der Waals surface area contributed by atoms with E-state index in [0.29, 0.717) is 0 Å². The molecule has 3 nitrogen and oxygen atoms in total. The van der Waals surface area contributed by atoms with Crippen molar-refractivity contribution in [3.8, 4) is 0 Å². The van der Waals surface area contributed by atoms with Crippen LogP contribution >= 0.6 is 25.3 Å². The van der Waals surface area contributed by atoms with Gasteiger partial charge in [-0.1, -0.05) is 80.1 Å². The van der Waals surface area contributed by atoms with Crippen molar-refractivity contribution in [1.29, 1.82) is 0 Å². The van der Waals surface area contributed by atoms with Gasteiger partial charge in [-0.2, -0.15) is 0 Å². The van der Waals surface area contributed by atoms with Gasteiger partial charge in [0.1, 0.15) is 0 Å². The third-order valence-electron chi connectivity index (χ3n) is 4.24. The molecule has 2 aromatic heterocycles. The molecule has 0 aliphatic carbocycles. The predicted molar refractivity (Wildman–Crippen MR) is 139 cm³/mol. The maximum Gasteiger partial charge on any atom is 0.0720 e. The van der Waals surface area contributed by atoms with Crippen molar-refractivity contribution in [1.82, 2.24) is 14.5 Å². The van der Waals surface area contributed by atoms with Gasteiger partial charge < -0.3 is 4.57 Å². The summed E-state index contributed by atoms with van der Waals surface area (Å²) >= 11 is 2.22. The summed E-state index contributed by atoms with van der Waals surface area (Å²) in [4.78, 5) is 8.50. The van der Waals surface area contributed by atoms with Crippen molar-refractivity contribution in [2.24, 2.45) is 0 Å². The first-order valence-electron chi connectivity index (χ1n) is 10.8. The summed E-state index contributed by atoms with van der Waals surface area (Å²) in [7, 11) is -6.73. The average molecular weight is 674 g/mol. The third-order valence-corrected chi connectivity index (χ3v) is 6.59. The number of hydrogen-bond acceptors (Lipinski definition) is 2. The largest absolute Gasteiger partial charge is 0.256 e. The fourth-order valence-electron chi connectivity index (χ4n) is 2.81. The van der Waals surface area contributed by atoms with E-state index in [1.165, 1.54) is 23.5 Å². The summed E-state index contributed by atoms with van der Waals surface area (Å²) in [5, 5.41) is 2.67. The first kappa shape index (κ1) is 33.2. The Morgan fingerprint density at radius 3 is 1.65 bits per heavy atom. The van der Waals surface area contributed by atoms with E-state index in [2.05, 4.69) is 122 Å². The van der Waals surface area contributed by atoms with E-state index in [-0.39, 0.29) is 0 Å². The number of hydrogen-bond donors (Lipinski definition) is 0. The van der Waals surface area contributed by atoms with Gasteiger partial charge in [0.2, 0.25) is 0 Å². The van der Waals surface area contributed by atoms with Crippen LogP contribution in [0.15, 0.2) is 104 Å². The van der Waals surface area contributed by atoms with E-state index in [9.17, 15) is 25.2 Å². The Kier molecular flexibility index (Phi) is 13.4. The van der Waals surface area contributed by atoms with Crippen molar-refractivity contribution in [3.63, 3.8) is 0 Å². The van der Waals surface area contributed by atoms with Gasteiger partial charge in [0, 0.05) is 33.1 Å². The molecular formula is C24H26ClF6N3P2Pd. The zero-order chi connectivity index (χ0) is 27.9. The molecule has 0 aliphatic rings. The summed E-state index contributed by atoms with van der Waals surface area (Å²) in [5.41, 5.74) is 1.15. The second-order valence-electron chi connectivity index (χ2n) is 7.31. The number of nitrogens with zero attached hydrogens (tertiary/aromatic N) is 3. The first-order valence-corrected chi connectivity index (χ1v) is 16.2. The minimum atomic E-state index is -10.7. The zero-order valence-electron chi connectivity index (χ0n) is 19.6. The van der Waals surface area contributed by atoms with Crippen LogP contribution in [-0.2, 0) is 24.7 Å². The Bertz CT molecular complexity index is 1020. The first-order chi connectivity index (χ1) is 17.3. The summed E-state index contributed by atoms with van der Waals surface area (Å²) in [5.74, 6) is 0. The van der Waals surface area contributed by atoms with Crippen LogP contribution in [0.4, 0.5) is 25.2 Å². The molecule has 37 heavy (non-hydrogen) atoms. The van der Waals surface area contributed by atoms with Crippen LogP contribution in [0.25, 0.3) is 0 Å². The van der Waals surface area contributed by atoms with Crippen LogP contribution in [0.5, 0.6) is 0 Å². The van der Waals surface area contributed by atoms with Gasteiger partial charge in [-0.3, -0.25) is 4.98 Å². The van der Waals surface area contributed by atoms with Crippen molar-refractivity contribution in [2.75, 3.05) is 0 Å². The molecule has 0 unspecified atom stereocenters. The Morgan fingerprint density at radius 2 is 1.27 bits per heavy atom. The summed E-state index contributed by atoms with van der Waals surface area (Å²) in [6.45, 7) is 3.30. The van der Waals surface area contributed by atoms with Gasteiger partial charge in [-0.25, -0.2) is 4.98 Å². The number of unbranched alkanes of at least 4 members (excludes halogenated alkanes) is 1. The fraction of sp³-hybridized carbons (Fsp3) is 0.167. The number of aromatic nitrogens is 3. The van der Waals surface area contributed by atoms with Gasteiger partial charge in [-0.15, -0.1) is 0 Å². The van der Waals surface area contributed by atoms with Crippen LogP contribution in [-0.4, -0.2) is 14.5 Å². The maximum atomic E-state index is 9.87. The molecule has 0 saturated carbocycles. The molecule has 2 aromatic carbocycles. The molecule has 0 aliphatic heterocycles. The molecule has 0 fully saturated rings. The van der Waals surface area contributed by atoms with Crippen LogP contribution in [0.1, 0.15) is 19.8 Å². The molecule has 0 radical (unpaired) electrons. The number of imidazole rings is 1. The molecule has 0 spiro atoms. The van der Waals surface area contributed by atoms with Crippen molar-refractivity contribution in [3.05, 3.63) is 104 Å². The zero-order valence-corrected chi connectivity index (χ0v) is 23.7. The van der Waals surface area contributed by atoms with E-state index in [1.807, 2.05) is 31.0 Å². The van der Waals surface area contributed by atoms with Crippen LogP contribution < -0.4 is 16.0 Å². The number of pyridine rings is 1. The van der Waals surface area contributed by atoms with E-state index >= 15 is 0 Å². The molecule has 0 saturated heterocycles. The average Bonchev–Trinajstić information content (AvgIpc) is 3.39. The molecule has 0 atom stereocenters. The number of benzene rings is 2. The summed E-state index contributed by atoms with van der Waals surface area (Å²) in [6, 6.07) is 27.4. The SMILES string of the molecule is CCCCn1ccnc1.F[P-](F)(F)(F)(F)F.[Cl][Pd+].c1ccc(P(c2ccccc2)c2ccccn2)cc1. The monoisotopic (exact) mass is 673 g/mol. The number of aryl methyl sites for hydroxylation is 1. The van der Waals surface area contributed by atoms with Crippen molar-refractivity contribution < 1.29 is 43.4 Å². The molecule has 4 rings (SSSR count). The molecule has 2 heterocycles. The van der Waals surface area contributed by atoms with Crippen LogP contribution in [0.2, 0.25) is 0 Å². The number of halogens is 7. The van der Waals surface area contributed by atoms with Crippen molar-refractivity contribution in [2.45, 2.75) is 26.3 Å². The summed E-state index contributed by atoms with van der Waals surface area (Å²) in [6.07, 6.45) is 10.0. The Balaban J connectivity index is 0.000000318. The second-order valence-corrected chi connectivity index (χ2v) is 11.4. The molecule has 13 heteroatoms. The van der Waals surface area contributed by atoms with Gasteiger partial charge in [0.25, 0.3) is 0 Å². The van der Waals surface area contributed by atoms with E-state index < -0.39 is 15.7 Å². The second kappa shape index (κ2) is 15.0. The topological polar surface area (TPSA) is 30.7 Å². The molecule has 0 N–H and O–H groups in total. The number of rotatable bonds is 6. The van der Waals surface area contributed by atoms with Gasteiger partial charge >= 0.3 is 60.7 Å². The van der Waals surface area contributed by atoms with Gasteiger partial charge in [-0.05, 0) is 29.2 Å². The standard InChI is InChI=1S/C17H14NP.C7H12N2.ClH.F6P.Pd/c1-3-9-15(10-4-1)19(16-11-5-2-6-12-16)17-13-7-8-14-18-17;1-2-3-5-9-6-4-8-7-9;;1-7(2,3,4,5)6;/h1-14H;4,6-7H,2-3,5H2,1H3;1H;;/q;;;-1;+2/p-1. The van der Waals surface area contributed by atoms with Gasteiger partial charge in [0.15, 0.2) is 0 Å². The Hall–Kier alpha value is -1.81. The molecule has 4 aromatic rings. The molecule has 206 valence electrons. The molecule has 0 amide bonds.